The first-order valence-corrected chi connectivity index (χ1v) is 14.3. The third-order valence-corrected chi connectivity index (χ3v) is 9.09. The number of nitrogens with zero attached hydrogens (tertiary/aromatic N) is 3. The van der Waals surface area contributed by atoms with Gasteiger partial charge in [-0.25, -0.2) is 21.6 Å². The number of hydrogen-bond donors (Lipinski definition) is 1. The van der Waals surface area contributed by atoms with E-state index in [4.69, 9.17) is 0 Å². The molecule has 2 aromatic carbocycles. The summed E-state index contributed by atoms with van der Waals surface area (Å²) < 4.78 is 90.8. The fraction of sp³-hybridized carbons (Fsp3) is 0.435. The van der Waals surface area contributed by atoms with Gasteiger partial charge in [0.25, 0.3) is 0 Å². The maximum Gasteiger partial charge on any atom is 0.511 e. The number of nitrogens with one attached hydrogen (secondary N) is 1. The highest BCUT2D eigenvalue weighted by Crippen LogP contribution is 2.31. The Kier molecular flexibility index (Phi) is 8.66. The molecule has 0 saturated carbocycles. The maximum absolute atomic E-state index is 13.3. The highest BCUT2D eigenvalue weighted by atomic mass is 32.2. The van der Waals surface area contributed by atoms with Crippen LogP contribution in [0.2, 0.25) is 0 Å². The smallest absolute Gasteiger partial charge is 0.368 e. The number of rotatable bonds is 9. The zero-order chi connectivity index (χ0) is 26.6. The highest BCUT2D eigenvalue weighted by Gasteiger charge is 2.45. The maximum atomic E-state index is 13.3. The Morgan fingerprint density at radius 3 is 2.42 bits per heavy atom. The first-order valence-electron chi connectivity index (χ1n) is 11.3. The molecule has 0 radical (unpaired) electrons. The average molecular weight is 545 g/mol. The topological polar surface area (TPSA) is 111 Å². The molecule has 1 aliphatic heterocycles. The van der Waals surface area contributed by atoms with Gasteiger partial charge in [0.05, 0.1) is 17.4 Å². The van der Waals surface area contributed by atoms with E-state index in [0.29, 0.717) is 29.7 Å². The van der Waals surface area contributed by atoms with Crippen molar-refractivity contribution < 1.29 is 30.0 Å². The normalized spacial score (nSPS) is 17.3. The Morgan fingerprint density at radius 1 is 1.11 bits per heavy atom. The molecule has 0 aromatic heterocycles. The first-order chi connectivity index (χ1) is 16.9. The summed E-state index contributed by atoms with van der Waals surface area (Å²) in [7, 11) is -9.24. The lowest BCUT2D eigenvalue weighted by Crippen LogP contribution is -2.48. The molecule has 196 valence electrons. The Hall–Kier alpha value is -2.66. The largest absolute Gasteiger partial charge is 0.511 e. The van der Waals surface area contributed by atoms with E-state index in [1.807, 2.05) is 36.4 Å². The minimum absolute atomic E-state index is 0.0184. The van der Waals surface area contributed by atoms with Crippen LogP contribution in [-0.4, -0.2) is 58.1 Å². The number of hydrogen-bond acceptors (Lipinski definition) is 6. The summed E-state index contributed by atoms with van der Waals surface area (Å²) in [6.07, 6.45) is 0.735. The van der Waals surface area contributed by atoms with E-state index in [2.05, 4.69) is 0 Å². The van der Waals surface area contributed by atoms with Crippen LogP contribution in [-0.2, 0) is 33.0 Å². The molecule has 0 bridgehead atoms. The number of halogens is 3. The van der Waals surface area contributed by atoms with E-state index in [1.165, 1.54) is 10.4 Å². The van der Waals surface area contributed by atoms with Crippen LogP contribution in [0.15, 0.2) is 48.5 Å². The fourth-order valence-electron chi connectivity index (χ4n) is 4.19. The predicted molar refractivity (Wildman–Crippen MR) is 130 cm³/mol. The quantitative estimate of drug-likeness (QED) is 0.520. The second-order valence-electron chi connectivity index (χ2n) is 8.45. The van der Waals surface area contributed by atoms with E-state index in [1.54, 1.807) is 28.7 Å². The Labute approximate surface area is 209 Å². The first kappa shape index (κ1) is 27.9. The van der Waals surface area contributed by atoms with Gasteiger partial charge in [0.15, 0.2) is 0 Å². The summed E-state index contributed by atoms with van der Waals surface area (Å²) in [5.74, 6) is -0.0864. The molecule has 36 heavy (non-hydrogen) atoms. The van der Waals surface area contributed by atoms with Gasteiger partial charge in [0.2, 0.25) is 10.0 Å². The van der Waals surface area contributed by atoms with Gasteiger partial charge in [-0.2, -0.15) is 22.7 Å². The van der Waals surface area contributed by atoms with Gasteiger partial charge in [-0.3, -0.25) is 0 Å². The Balaban J connectivity index is 2.01. The van der Waals surface area contributed by atoms with Crippen molar-refractivity contribution >= 4 is 25.7 Å². The standard InChI is InChI=1S/C23H27F3N4O4S2/c1-2-12-35(31,32)30-16-20-13-19(15-27)8-9-22(20)29(11-10-28-36(33,34)23(24,25)26)17-21(30)14-18-6-4-3-5-7-18/h3-9,13,21,28H,2,10-12,14,16-17H2,1H3/t21-/m1/s1. The molecular weight excluding hydrogens is 517 g/mol. The van der Waals surface area contributed by atoms with Gasteiger partial charge in [-0.05, 0) is 42.2 Å². The summed E-state index contributed by atoms with van der Waals surface area (Å²) in [5.41, 5.74) is -3.21. The zero-order valence-electron chi connectivity index (χ0n) is 19.6. The number of alkyl halides is 3. The predicted octanol–water partition coefficient (Wildman–Crippen LogP) is 2.97. The lowest BCUT2D eigenvalue weighted by molar-refractivity contribution is -0.0447. The van der Waals surface area contributed by atoms with Crippen molar-refractivity contribution in [2.75, 3.05) is 30.3 Å². The van der Waals surface area contributed by atoms with E-state index in [-0.39, 0.29) is 25.4 Å². The van der Waals surface area contributed by atoms with Crippen molar-refractivity contribution in [1.29, 1.82) is 5.26 Å². The third kappa shape index (κ3) is 6.56. The van der Waals surface area contributed by atoms with Gasteiger partial charge in [-0.1, -0.05) is 37.3 Å². The average Bonchev–Trinajstić information content (AvgIpc) is 2.96. The summed E-state index contributed by atoms with van der Waals surface area (Å²) in [4.78, 5) is 1.67. The minimum Gasteiger partial charge on any atom is -0.368 e. The summed E-state index contributed by atoms with van der Waals surface area (Å²) in [6, 6.07) is 15.4. The molecule has 0 aliphatic carbocycles. The number of anilines is 1. The summed E-state index contributed by atoms with van der Waals surface area (Å²) in [5, 5.41) is 9.36. The van der Waals surface area contributed by atoms with Crippen LogP contribution in [0.1, 0.15) is 30.0 Å². The minimum atomic E-state index is -5.53. The van der Waals surface area contributed by atoms with Crippen LogP contribution < -0.4 is 9.62 Å². The molecule has 0 spiro atoms. The lowest BCUT2D eigenvalue weighted by atomic mass is 10.1. The molecule has 2 aromatic rings. The molecule has 1 heterocycles. The van der Waals surface area contributed by atoms with Crippen molar-refractivity contribution in [3.63, 3.8) is 0 Å². The highest BCUT2D eigenvalue weighted by molar-refractivity contribution is 7.90. The lowest BCUT2D eigenvalue weighted by Gasteiger charge is -2.32. The van der Waals surface area contributed by atoms with Crippen LogP contribution in [0.25, 0.3) is 0 Å². The van der Waals surface area contributed by atoms with Gasteiger partial charge in [0, 0.05) is 37.9 Å². The number of nitriles is 1. The van der Waals surface area contributed by atoms with Crippen molar-refractivity contribution in [2.45, 2.75) is 37.9 Å². The van der Waals surface area contributed by atoms with E-state index < -0.39 is 38.1 Å². The van der Waals surface area contributed by atoms with Crippen LogP contribution >= 0.6 is 0 Å². The Morgan fingerprint density at radius 2 is 1.81 bits per heavy atom. The molecule has 1 atom stereocenters. The zero-order valence-corrected chi connectivity index (χ0v) is 21.2. The molecule has 1 N–H and O–H groups in total. The van der Waals surface area contributed by atoms with Crippen LogP contribution in [0.5, 0.6) is 0 Å². The Bertz CT molecular complexity index is 1310. The molecule has 1 aliphatic rings. The molecule has 0 amide bonds. The van der Waals surface area contributed by atoms with Gasteiger partial charge in [-0.15, -0.1) is 0 Å². The second kappa shape index (κ2) is 11.2. The monoisotopic (exact) mass is 544 g/mol. The number of fused-ring (bicyclic) bond motifs is 1. The van der Waals surface area contributed by atoms with Crippen LogP contribution in [0, 0.1) is 11.3 Å². The molecule has 3 rings (SSSR count). The number of sulfonamides is 2. The van der Waals surface area contributed by atoms with Crippen LogP contribution in [0.4, 0.5) is 18.9 Å². The van der Waals surface area contributed by atoms with Gasteiger partial charge >= 0.3 is 15.5 Å². The summed E-state index contributed by atoms with van der Waals surface area (Å²) in [6.45, 7) is 1.17. The SMILES string of the molecule is CCCS(=O)(=O)N1Cc2cc(C#N)ccc2N(CCNS(=O)(=O)C(F)(F)F)C[C@H]1Cc1ccccc1. The van der Waals surface area contributed by atoms with E-state index in [0.717, 1.165) is 5.56 Å². The van der Waals surface area contributed by atoms with Gasteiger partial charge in [0.1, 0.15) is 0 Å². The number of benzene rings is 2. The molecular formula is C23H27F3N4O4S2. The second-order valence-corrected chi connectivity index (χ2v) is 12.2. The van der Waals surface area contributed by atoms with Crippen LogP contribution in [0.3, 0.4) is 0 Å². The molecule has 0 fully saturated rings. The van der Waals surface area contributed by atoms with E-state index in [9.17, 15) is 35.3 Å². The summed E-state index contributed by atoms with van der Waals surface area (Å²) >= 11 is 0. The fourth-order valence-corrected chi connectivity index (χ4v) is 6.40. The van der Waals surface area contributed by atoms with E-state index >= 15 is 0 Å². The molecule has 0 saturated heterocycles. The van der Waals surface area contributed by atoms with Crippen molar-refractivity contribution in [2.24, 2.45) is 0 Å². The van der Waals surface area contributed by atoms with Gasteiger partial charge < -0.3 is 4.90 Å². The van der Waals surface area contributed by atoms with Crippen molar-refractivity contribution in [3.8, 4) is 6.07 Å². The van der Waals surface area contributed by atoms with Crippen molar-refractivity contribution in [1.82, 2.24) is 9.03 Å². The molecule has 0 unspecified atom stereocenters. The third-order valence-electron chi connectivity index (χ3n) is 5.83. The molecule has 8 nitrogen and oxygen atoms in total. The van der Waals surface area contributed by atoms with Crippen molar-refractivity contribution in [3.05, 3.63) is 65.2 Å². The molecule has 13 heteroatoms.